The Labute approximate surface area is 158 Å². The third-order valence-corrected chi connectivity index (χ3v) is 3.49. The molecular weight excluding hydrogens is 370 g/mol. The lowest BCUT2D eigenvalue weighted by molar-refractivity contribution is -0.148. The van der Waals surface area contributed by atoms with E-state index in [1.807, 2.05) is 42.5 Å². The lowest BCUT2D eigenvalue weighted by Crippen LogP contribution is -2.21. The highest BCUT2D eigenvalue weighted by atomic mass is 16.6. The molecule has 146 valence electrons. The van der Waals surface area contributed by atoms with E-state index in [1.165, 1.54) is 0 Å². The van der Waals surface area contributed by atoms with Gasteiger partial charge < -0.3 is 20.7 Å². The molecule has 0 spiro atoms. The van der Waals surface area contributed by atoms with Gasteiger partial charge in [0, 0.05) is 6.42 Å². The van der Waals surface area contributed by atoms with E-state index >= 15 is 0 Å². The van der Waals surface area contributed by atoms with E-state index in [0.29, 0.717) is 24.1 Å². The first-order valence-corrected chi connectivity index (χ1v) is 8.02. The zero-order valence-electron chi connectivity index (χ0n) is 14.6. The minimum atomic E-state index is -1.60. The van der Waals surface area contributed by atoms with Crippen LogP contribution in [0.1, 0.15) is 17.5 Å². The van der Waals surface area contributed by atoms with Gasteiger partial charge in [-0.2, -0.15) is 0 Å². The number of carbonyl (C=O) groups excluding carboxylic acids is 1. The molecule has 1 amide bonds. The second-order valence-corrected chi connectivity index (χ2v) is 5.58. The van der Waals surface area contributed by atoms with E-state index in [0.717, 1.165) is 16.9 Å². The molecule has 0 unspecified atom stereocenters. The average Bonchev–Trinajstić information content (AvgIpc) is 3.13. The number of carbonyl (C=O) groups is 3. The summed E-state index contributed by atoms with van der Waals surface area (Å²) in [6.45, 7) is 0.414. The van der Waals surface area contributed by atoms with Gasteiger partial charge in [-0.25, -0.2) is 9.42 Å². The predicted octanol–water partition coefficient (Wildman–Crippen LogP) is 1.38. The summed E-state index contributed by atoms with van der Waals surface area (Å²) in [7, 11) is 0. The first-order chi connectivity index (χ1) is 13.3. The van der Waals surface area contributed by atoms with Gasteiger partial charge in [0.1, 0.15) is 23.4 Å². The normalized spacial score (nSPS) is 10.0. The molecule has 0 bridgehead atoms. The zero-order valence-corrected chi connectivity index (χ0v) is 14.6. The lowest BCUT2D eigenvalue weighted by Gasteiger charge is -2.07. The van der Waals surface area contributed by atoms with Crippen molar-refractivity contribution in [1.29, 1.82) is 0 Å². The van der Waals surface area contributed by atoms with Gasteiger partial charge in [0.05, 0.1) is 0 Å². The van der Waals surface area contributed by atoms with Crippen molar-refractivity contribution < 1.29 is 34.0 Å². The first kappa shape index (κ1) is 20.4. The van der Waals surface area contributed by atoms with Gasteiger partial charge in [-0.1, -0.05) is 18.2 Å². The summed E-state index contributed by atoms with van der Waals surface area (Å²) in [4.78, 5) is 29.1. The second-order valence-electron chi connectivity index (χ2n) is 5.58. The van der Waals surface area contributed by atoms with E-state index in [2.05, 4.69) is 20.7 Å². The largest absolute Gasteiger partial charge is 0.489 e. The molecule has 0 radical (unpaired) electrons. The van der Waals surface area contributed by atoms with Crippen LogP contribution in [-0.4, -0.2) is 38.4 Å². The van der Waals surface area contributed by atoms with Crippen molar-refractivity contribution in [1.82, 2.24) is 10.3 Å². The van der Waals surface area contributed by atoms with E-state index < -0.39 is 17.8 Å². The summed E-state index contributed by atoms with van der Waals surface area (Å²) in [5, 5.41) is 23.7. The summed E-state index contributed by atoms with van der Waals surface area (Å²) in [5.41, 5.74) is 7.56. The number of aliphatic carboxylic acids is 2. The van der Waals surface area contributed by atoms with Gasteiger partial charge in [0.25, 0.3) is 0 Å². The summed E-state index contributed by atoms with van der Waals surface area (Å²) >= 11 is 0. The van der Waals surface area contributed by atoms with Crippen LogP contribution in [0.4, 0.5) is 0 Å². The number of carboxylic acids is 2. The number of fused-ring (bicyclic) bond motifs is 1. The number of amides is 1. The molecule has 10 nitrogen and oxygen atoms in total. The number of nitrogens with zero attached hydrogens (tertiary/aromatic N) is 2. The highest BCUT2D eigenvalue weighted by molar-refractivity contribution is 6.30. The van der Waals surface area contributed by atoms with E-state index in [4.69, 9.17) is 14.9 Å². The maximum absolute atomic E-state index is 10.5. The van der Waals surface area contributed by atoms with Crippen molar-refractivity contribution in [2.75, 3.05) is 0 Å². The molecule has 0 fully saturated rings. The molecule has 0 saturated heterocycles. The molecule has 3 rings (SSSR count). The Balaban J connectivity index is 0.000000409. The number of benzene rings is 2. The van der Waals surface area contributed by atoms with E-state index in [9.17, 15) is 14.4 Å². The van der Waals surface area contributed by atoms with Crippen LogP contribution < -0.4 is 10.5 Å². The van der Waals surface area contributed by atoms with Crippen molar-refractivity contribution in [2.24, 2.45) is 5.73 Å². The molecule has 1 heterocycles. The molecule has 0 aliphatic carbocycles. The topological polar surface area (TPSA) is 166 Å². The van der Waals surface area contributed by atoms with Crippen LogP contribution in [0.25, 0.3) is 11.0 Å². The standard InChI is InChI=1S/C16H14N2O4.C2H3NO3/c19-16(20)8-4-11-1-5-13(6-2-11)21-10-12-3-7-14-15(9-12)18-22-17-14;3-1(4)2(5)6/h1-3,5-7,9H,4,8,10H2,(H,19,20);(H2,3,4)(H,5,6). The molecule has 0 saturated carbocycles. The molecular formula is C18H17N3O7. The molecule has 0 atom stereocenters. The second kappa shape index (κ2) is 9.67. The van der Waals surface area contributed by atoms with Crippen LogP contribution in [0.15, 0.2) is 47.1 Å². The fourth-order valence-electron chi connectivity index (χ4n) is 2.09. The van der Waals surface area contributed by atoms with Crippen LogP contribution in [0.2, 0.25) is 0 Å². The van der Waals surface area contributed by atoms with Gasteiger partial charge in [-0.05, 0) is 52.1 Å². The Kier molecular flexibility index (Phi) is 7.03. The van der Waals surface area contributed by atoms with Crippen molar-refractivity contribution >= 4 is 28.9 Å². The number of primary amides is 1. The Morgan fingerprint density at radius 2 is 1.57 bits per heavy atom. The van der Waals surface area contributed by atoms with Gasteiger partial charge in [0.2, 0.25) is 0 Å². The molecule has 4 N–H and O–H groups in total. The number of hydrogen-bond acceptors (Lipinski definition) is 7. The number of nitrogens with two attached hydrogens (primary N) is 1. The van der Waals surface area contributed by atoms with Crippen LogP contribution in [0.5, 0.6) is 5.75 Å². The molecule has 0 aliphatic rings. The number of carboxylic acid groups (broad SMARTS) is 2. The highest BCUT2D eigenvalue weighted by Gasteiger charge is 2.03. The third kappa shape index (κ3) is 6.41. The van der Waals surface area contributed by atoms with Crippen molar-refractivity contribution in [3.63, 3.8) is 0 Å². The maximum atomic E-state index is 10.5. The third-order valence-electron chi connectivity index (χ3n) is 3.49. The number of hydrogen-bond donors (Lipinski definition) is 3. The number of ether oxygens (including phenoxy) is 1. The van der Waals surface area contributed by atoms with E-state index in [-0.39, 0.29) is 6.42 Å². The monoisotopic (exact) mass is 387 g/mol. The van der Waals surface area contributed by atoms with E-state index in [1.54, 1.807) is 0 Å². The van der Waals surface area contributed by atoms with Crippen LogP contribution in [0, 0.1) is 0 Å². The molecule has 3 aromatic rings. The van der Waals surface area contributed by atoms with Gasteiger partial charge in [-0.3, -0.25) is 9.59 Å². The Hall–Kier alpha value is -3.95. The summed E-state index contributed by atoms with van der Waals surface area (Å²) in [5.74, 6) is -2.99. The maximum Gasteiger partial charge on any atom is 0.394 e. The smallest absolute Gasteiger partial charge is 0.394 e. The Bertz CT molecular complexity index is 955. The highest BCUT2D eigenvalue weighted by Crippen LogP contribution is 2.17. The number of aryl methyl sites for hydroxylation is 1. The van der Waals surface area contributed by atoms with Crippen LogP contribution >= 0.6 is 0 Å². The average molecular weight is 387 g/mol. The molecule has 0 aliphatic heterocycles. The molecule has 28 heavy (non-hydrogen) atoms. The minimum absolute atomic E-state index is 0.131. The van der Waals surface area contributed by atoms with Crippen molar-refractivity contribution in [3.8, 4) is 5.75 Å². The molecule has 1 aromatic heterocycles. The molecule has 10 heteroatoms. The fourth-order valence-corrected chi connectivity index (χ4v) is 2.09. The van der Waals surface area contributed by atoms with Gasteiger partial charge in [-0.15, -0.1) is 0 Å². The summed E-state index contributed by atoms with van der Waals surface area (Å²) in [6.07, 6.45) is 0.650. The quantitative estimate of drug-likeness (QED) is 0.529. The van der Waals surface area contributed by atoms with Crippen molar-refractivity contribution in [3.05, 3.63) is 53.6 Å². The zero-order chi connectivity index (χ0) is 20.5. The molecule has 2 aromatic carbocycles. The Morgan fingerprint density at radius 1 is 0.964 bits per heavy atom. The number of rotatable bonds is 6. The lowest BCUT2D eigenvalue weighted by atomic mass is 10.1. The number of aromatic nitrogens is 2. The van der Waals surface area contributed by atoms with Crippen LogP contribution in [0.3, 0.4) is 0 Å². The first-order valence-electron chi connectivity index (χ1n) is 8.02. The Morgan fingerprint density at radius 3 is 2.18 bits per heavy atom. The van der Waals surface area contributed by atoms with Gasteiger partial charge >= 0.3 is 17.8 Å². The SMILES string of the molecule is NC(=O)C(=O)O.O=C(O)CCc1ccc(OCc2ccc3nonc3c2)cc1. The minimum Gasteiger partial charge on any atom is -0.489 e. The predicted molar refractivity (Wildman–Crippen MR) is 95.4 cm³/mol. The summed E-state index contributed by atoms with van der Waals surface area (Å²) < 4.78 is 10.4. The fraction of sp³-hybridized carbons (Fsp3) is 0.167. The summed E-state index contributed by atoms with van der Waals surface area (Å²) in [6, 6.07) is 13.0. The van der Waals surface area contributed by atoms with Gasteiger partial charge in [0.15, 0.2) is 0 Å². The van der Waals surface area contributed by atoms with Crippen LogP contribution in [-0.2, 0) is 27.4 Å². The van der Waals surface area contributed by atoms with Crippen molar-refractivity contribution in [2.45, 2.75) is 19.4 Å².